The van der Waals surface area contributed by atoms with Gasteiger partial charge < -0.3 is 18.9 Å². The van der Waals surface area contributed by atoms with E-state index in [1.807, 2.05) is 55.4 Å². The van der Waals surface area contributed by atoms with Gasteiger partial charge in [0.2, 0.25) is 0 Å². The molecule has 7 aliphatic carbocycles. The number of esters is 4. The van der Waals surface area contributed by atoms with Crippen LogP contribution in [-0.2, 0) is 38.1 Å². The maximum absolute atomic E-state index is 12.5. The van der Waals surface area contributed by atoms with Crippen LogP contribution in [0.1, 0.15) is 172 Å². The van der Waals surface area contributed by atoms with E-state index >= 15 is 0 Å². The Hall–Kier alpha value is -2.12. The van der Waals surface area contributed by atoms with E-state index in [1.54, 1.807) is 0 Å². The summed E-state index contributed by atoms with van der Waals surface area (Å²) in [6.07, 6.45) is 15.8. The number of carbonyl (C=O) groups is 4. The van der Waals surface area contributed by atoms with Gasteiger partial charge in [0.25, 0.3) is 0 Å². The number of fused-ring (bicyclic) bond motifs is 1. The third kappa shape index (κ3) is 7.97. The van der Waals surface area contributed by atoms with Gasteiger partial charge in [-0.25, -0.2) is 0 Å². The second-order valence-corrected chi connectivity index (χ2v) is 20.0. The van der Waals surface area contributed by atoms with Crippen LogP contribution in [0.15, 0.2) is 0 Å². The number of rotatable bonds is 10. The SMILES string of the molecule is CCC(C)(C)C(=O)OC12CC3CC(CC(C3)C1C)C2.CCC(C)(C)C(=O)OC1C2CC3C(=O)OC1C3C2.CCC1(OC(=O)C(C)(C)CC)CCCC1. The highest BCUT2D eigenvalue weighted by Gasteiger charge is 2.63. The molecular weight excluding hydrogens is 656 g/mol. The van der Waals surface area contributed by atoms with Crippen molar-refractivity contribution in [2.45, 2.75) is 196 Å². The van der Waals surface area contributed by atoms with Gasteiger partial charge >= 0.3 is 23.9 Å². The Morgan fingerprint density at radius 2 is 1.23 bits per heavy atom. The van der Waals surface area contributed by atoms with E-state index in [9.17, 15) is 19.2 Å². The van der Waals surface area contributed by atoms with Crippen molar-refractivity contribution in [2.75, 3.05) is 0 Å². The van der Waals surface area contributed by atoms with E-state index in [-0.39, 0.29) is 64.0 Å². The summed E-state index contributed by atoms with van der Waals surface area (Å²) in [5, 5.41) is 0. The highest BCUT2D eigenvalue weighted by molar-refractivity contribution is 5.79. The smallest absolute Gasteiger partial charge is 0.312 e. The molecule has 1 heterocycles. The largest absolute Gasteiger partial charge is 0.459 e. The van der Waals surface area contributed by atoms with Crippen LogP contribution in [0.5, 0.6) is 0 Å². The molecule has 1 saturated heterocycles. The average molecular weight is 729 g/mol. The Balaban J connectivity index is 0.000000152. The fourth-order valence-corrected chi connectivity index (χ4v) is 10.4. The molecule has 8 fully saturated rings. The monoisotopic (exact) mass is 729 g/mol. The Labute approximate surface area is 315 Å². The Morgan fingerprint density at radius 3 is 1.75 bits per heavy atom. The maximum Gasteiger partial charge on any atom is 0.312 e. The van der Waals surface area contributed by atoms with Crippen LogP contribution in [0, 0.1) is 57.7 Å². The first-order valence-corrected chi connectivity index (χ1v) is 21.1. The summed E-state index contributed by atoms with van der Waals surface area (Å²) in [6, 6.07) is 0. The molecule has 6 bridgehead atoms. The third-order valence-corrected chi connectivity index (χ3v) is 15.5. The summed E-state index contributed by atoms with van der Waals surface area (Å²) in [4.78, 5) is 48.2. The van der Waals surface area contributed by atoms with Gasteiger partial charge in [0.05, 0.1) is 22.2 Å². The second kappa shape index (κ2) is 15.2. The zero-order valence-electron chi connectivity index (χ0n) is 34.6. The fraction of sp³-hybridized carbons (Fsp3) is 0.909. The molecule has 1 aliphatic heterocycles. The van der Waals surface area contributed by atoms with Gasteiger partial charge in [-0.3, -0.25) is 19.2 Å². The van der Waals surface area contributed by atoms with Crippen molar-refractivity contribution in [3.63, 3.8) is 0 Å². The van der Waals surface area contributed by atoms with Gasteiger partial charge in [-0.2, -0.15) is 0 Å². The van der Waals surface area contributed by atoms with E-state index in [0.717, 1.165) is 82.0 Å². The van der Waals surface area contributed by atoms with Gasteiger partial charge in [-0.05, 0) is 162 Å². The van der Waals surface area contributed by atoms with Gasteiger partial charge in [-0.15, -0.1) is 0 Å². The number of ether oxygens (including phenoxy) is 4. The minimum absolute atomic E-state index is 0.0197. The van der Waals surface area contributed by atoms with E-state index < -0.39 is 5.41 Å². The van der Waals surface area contributed by atoms with Crippen molar-refractivity contribution in [1.82, 2.24) is 0 Å². The standard InChI is InChI=1S/C17H28O2.C14H20O4.C13H24O2/c1-5-16(3,4)15(18)19-17-9-12-6-13(10-17)8-14(7-12)11(17)2;1-4-14(2,3)13(16)18-10-7-5-8-9(6-7)12(15)17-11(8)10;1-5-12(3,4)11(14)15-13(6-2)9-7-8-10-13/h11-14H,5-10H2,1-4H3;7-11H,4-6H2,1-3H3;5-10H2,1-4H3. The van der Waals surface area contributed by atoms with Crippen molar-refractivity contribution < 1.29 is 38.1 Å². The van der Waals surface area contributed by atoms with Crippen LogP contribution in [0.4, 0.5) is 0 Å². The minimum atomic E-state index is -0.455. The molecule has 0 radical (unpaired) electrons. The normalized spacial score (nSPS) is 36.3. The highest BCUT2D eigenvalue weighted by Crippen LogP contribution is 2.60. The first-order chi connectivity index (χ1) is 24.3. The molecule has 8 rings (SSSR count). The summed E-state index contributed by atoms with van der Waals surface area (Å²) < 4.78 is 23.0. The molecule has 8 unspecified atom stereocenters. The lowest BCUT2D eigenvalue weighted by atomic mass is 9.50. The van der Waals surface area contributed by atoms with Gasteiger partial charge in [-0.1, -0.05) is 34.6 Å². The first-order valence-electron chi connectivity index (χ1n) is 21.1. The molecule has 8 aliphatic rings. The lowest BCUT2D eigenvalue weighted by Gasteiger charge is -2.59. The van der Waals surface area contributed by atoms with E-state index in [2.05, 4.69) is 20.8 Å². The summed E-state index contributed by atoms with van der Waals surface area (Å²) in [6.45, 7) is 22.3. The predicted octanol–water partition coefficient (Wildman–Crippen LogP) is 9.79. The Kier molecular flexibility index (Phi) is 12.0. The molecule has 8 nitrogen and oxygen atoms in total. The van der Waals surface area contributed by atoms with Gasteiger partial charge in [0.1, 0.15) is 23.4 Å². The van der Waals surface area contributed by atoms with E-state index in [0.29, 0.717) is 17.8 Å². The topological polar surface area (TPSA) is 105 Å². The maximum atomic E-state index is 12.5. The second-order valence-electron chi connectivity index (χ2n) is 20.0. The zero-order valence-corrected chi connectivity index (χ0v) is 34.6. The molecule has 0 aromatic heterocycles. The highest BCUT2D eigenvalue weighted by atomic mass is 16.6. The molecule has 52 heavy (non-hydrogen) atoms. The van der Waals surface area contributed by atoms with E-state index in [1.165, 1.54) is 32.1 Å². The van der Waals surface area contributed by atoms with Gasteiger partial charge in [0.15, 0.2) is 0 Å². The minimum Gasteiger partial charge on any atom is -0.459 e. The molecule has 7 saturated carbocycles. The first kappa shape index (κ1) is 41.1. The Bertz CT molecular complexity index is 1310. The van der Waals surface area contributed by atoms with Crippen molar-refractivity contribution in [3.05, 3.63) is 0 Å². The number of hydrogen-bond donors (Lipinski definition) is 0. The van der Waals surface area contributed by atoms with Crippen LogP contribution in [0.3, 0.4) is 0 Å². The van der Waals surface area contributed by atoms with Crippen LogP contribution in [-0.4, -0.2) is 47.3 Å². The Morgan fingerprint density at radius 1 is 0.712 bits per heavy atom. The van der Waals surface area contributed by atoms with Crippen LogP contribution < -0.4 is 0 Å². The molecule has 0 aromatic rings. The summed E-state index contributed by atoms with van der Waals surface area (Å²) >= 11 is 0. The van der Waals surface area contributed by atoms with Crippen LogP contribution >= 0.6 is 0 Å². The average Bonchev–Trinajstić information content (AvgIpc) is 3.87. The molecule has 0 aromatic carbocycles. The summed E-state index contributed by atoms with van der Waals surface area (Å²) in [5.74, 6) is 3.49. The summed E-state index contributed by atoms with van der Waals surface area (Å²) in [5.41, 5.74) is -1.36. The van der Waals surface area contributed by atoms with Crippen LogP contribution in [0.2, 0.25) is 0 Å². The molecule has 0 spiro atoms. The van der Waals surface area contributed by atoms with Crippen molar-refractivity contribution in [2.24, 2.45) is 57.7 Å². The van der Waals surface area contributed by atoms with Crippen molar-refractivity contribution in [3.8, 4) is 0 Å². The number of carbonyl (C=O) groups excluding carboxylic acids is 4. The van der Waals surface area contributed by atoms with Gasteiger partial charge in [0, 0.05) is 11.8 Å². The molecular formula is C44H72O8. The lowest BCUT2D eigenvalue weighted by Crippen LogP contribution is -2.59. The van der Waals surface area contributed by atoms with Crippen LogP contribution in [0.25, 0.3) is 0 Å². The van der Waals surface area contributed by atoms with Crippen molar-refractivity contribution in [1.29, 1.82) is 0 Å². The molecule has 0 N–H and O–H groups in total. The van der Waals surface area contributed by atoms with E-state index in [4.69, 9.17) is 18.9 Å². The lowest BCUT2D eigenvalue weighted by molar-refractivity contribution is -0.213. The molecule has 0 amide bonds. The predicted molar refractivity (Wildman–Crippen MR) is 201 cm³/mol. The fourth-order valence-electron chi connectivity index (χ4n) is 10.4. The zero-order chi connectivity index (χ0) is 38.4. The quantitative estimate of drug-likeness (QED) is 0.162. The molecule has 296 valence electrons. The molecule has 8 atom stereocenters. The third-order valence-electron chi connectivity index (χ3n) is 15.5. The van der Waals surface area contributed by atoms with Crippen molar-refractivity contribution >= 4 is 23.9 Å². The summed E-state index contributed by atoms with van der Waals surface area (Å²) in [7, 11) is 0. The molecule has 8 heteroatoms. The number of hydrogen-bond acceptors (Lipinski definition) is 8.